The average molecular weight is 296 g/mol. The monoisotopic (exact) mass is 296 g/mol. The van der Waals surface area contributed by atoms with Gasteiger partial charge in [-0.25, -0.2) is 4.79 Å². The van der Waals surface area contributed by atoms with Crippen LogP contribution in [-0.2, 0) is 4.74 Å². The fourth-order valence-electron chi connectivity index (χ4n) is 1.81. The van der Waals surface area contributed by atoms with Crippen molar-refractivity contribution >= 4 is 6.09 Å². The van der Waals surface area contributed by atoms with Crippen LogP contribution < -0.4 is 15.8 Å². The Balaban J connectivity index is 2.90. The SMILES string of the molecule is CCOc1cccc(C(CN)NC(=O)OC(C)(C)C)c1O. The molecule has 0 aliphatic carbocycles. The van der Waals surface area contributed by atoms with Gasteiger partial charge >= 0.3 is 6.09 Å². The molecular formula is C15H24N2O4. The van der Waals surface area contributed by atoms with E-state index in [1.54, 1.807) is 39.0 Å². The van der Waals surface area contributed by atoms with Gasteiger partial charge in [0, 0.05) is 12.1 Å². The molecule has 1 aromatic carbocycles. The molecule has 0 radical (unpaired) electrons. The van der Waals surface area contributed by atoms with E-state index in [0.717, 1.165) is 0 Å². The van der Waals surface area contributed by atoms with Gasteiger partial charge in [0.1, 0.15) is 5.60 Å². The van der Waals surface area contributed by atoms with Crippen LogP contribution in [0, 0.1) is 0 Å². The number of alkyl carbamates (subject to hydrolysis) is 1. The zero-order chi connectivity index (χ0) is 16.0. The summed E-state index contributed by atoms with van der Waals surface area (Å²) in [7, 11) is 0. The molecule has 1 atom stereocenters. The number of aromatic hydroxyl groups is 1. The van der Waals surface area contributed by atoms with Crippen molar-refractivity contribution in [2.75, 3.05) is 13.2 Å². The third-order valence-corrected chi connectivity index (χ3v) is 2.63. The number of phenols is 1. The highest BCUT2D eigenvalue weighted by atomic mass is 16.6. The number of nitrogens with two attached hydrogens (primary N) is 1. The number of nitrogens with one attached hydrogen (secondary N) is 1. The third-order valence-electron chi connectivity index (χ3n) is 2.63. The summed E-state index contributed by atoms with van der Waals surface area (Å²) in [6.07, 6.45) is -0.584. The van der Waals surface area contributed by atoms with Gasteiger partial charge < -0.3 is 25.6 Å². The van der Waals surface area contributed by atoms with E-state index in [1.165, 1.54) is 0 Å². The van der Waals surface area contributed by atoms with Gasteiger partial charge in [0.25, 0.3) is 0 Å². The van der Waals surface area contributed by atoms with Crippen molar-refractivity contribution < 1.29 is 19.4 Å². The van der Waals surface area contributed by atoms with Crippen molar-refractivity contribution in [2.45, 2.75) is 39.3 Å². The number of phenolic OH excluding ortho intramolecular Hbond substituents is 1. The highest BCUT2D eigenvalue weighted by molar-refractivity contribution is 5.69. The van der Waals surface area contributed by atoms with E-state index in [0.29, 0.717) is 17.9 Å². The predicted molar refractivity (Wildman–Crippen MR) is 80.4 cm³/mol. The molecule has 0 bridgehead atoms. The van der Waals surface area contributed by atoms with Crippen molar-refractivity contribution in [2.24, 2.45) is 5.73 Å². The van der Waals surface area contributed by atoms with Crippen molar-refractivity contribution in [3.63, 3.8) is 0 Å². The summed E-state index contributed by atoms with van der Waals surface area (Å²) in [5.41, 5.74) is 5.58. The molecule has 1 amide bonds. The molecule has 0 aliphatic heterocycles. The lowest BCUT2D eigenvalue weighted by Crippen LogP contribution is -2.37. The highest BCUT2D eigenvalue weighted by Gasteiger charge is 2.22. The lowest BCUT2D eigenvalue weighted by molar-refractivity contribution is 0.0504. The number of carbonyl (C=O) groups is 1. The number of ether oxygens (including phenoxy) is 2. The zero-order valence-corrected chi connectivity index (χ0v) is 13.0. The van der Waals surface area contributed by atoms with E-state index in [-0.39, 0.29) is 12.3 Å². The number of hydrogen-bond acceptors (Lipinski definition) is 5. The quantitative estimate of drug-likeness (QED) is 0.775. The summed E-state index contributed by atoms with van der Waals surface area (Å²) in [4.78, 5) is 11.8. The van der Waals surface area contributed by atoms with E-state index in [1.807, 2.05) is 6.92 Å². The molecule has 6 heteroatoms. The van der Waals surface area contributed by atoms with Gasteiger partial charge in [-0.05, 0) is 33.8 Å². The van der Waals surface area contributed by atoms with Gasteiger partial charge in [-0.2, -0.15) is 0 Å². The first-order valence-corrected chi connectivity index (χ1v) is 6.92. The first-order chi connectivity index (χ1) is 9.78. The van der Waals surface area contributed by atoms with Gasteiger partial charge in [0.05, 0.1) is 12.6 Å². The topological polar surface area (TPSA) is 93.8 Å². The minimum atomic E-state index is -0.599. The molecule has 21 heavy (non-hydrogen) atoms. The Labute approximate surface area is 125 Å². The second kappa shape index (κ2) is 7.17. The number of amides is 1. The van der Waals surface area contributed by atoms with Crippen LogP contribution in [-0.4, -0.2) is 30.0 Å². The zero-order valence-electron chi connectivity index (χ0n) is 13.0. The molecule has 0 spiro atoms. The van der Waals surface area contributed by atoms with Gasteiger partial charge in [0.2, 0.25) is 0 Å². The van der Waals surface area contributed by atoms with E-state index in [2.05, 4.69) is 5.32 Å². The molecule has 0 aliphatic rings. The first kappa shape index (κ1) is 17.1. The Morgan fingerprint density at radius 1 is 1.43 bits per heavy atom. The lowest BCUT2D eigenvalue weighted by Gasteiger charge is -2.24. The fraction of sp³-hybridized carbons (Fsp3) is 0.533. The maximum Gasteiger partial charge on any atom is 0.408 e. The normalized spacial score (nSPS) is 12.6. The fourth-order valence-corrected chi connectivity index (χ4v) is 1.81. The average Bonchev–Trinajstić information content (AvgIpc) is 2.37. The minimum absolute atomic E-state index is 0.0224. The van der Waals surface area contributed by atoms with E-state index < -0.39 is 17.7 Å². The molecule has 1 unspecified atom stereocenters. The van der Waals surface area contributed by atoms with Crippen LogP contribution in [0.25, 0.3) is 0 Å². The summed E-state index contributed by atoms with van der Waals surface area (Å²) in [5.74, 6) is 0.338. The van der Waals surface area contributed by atoms with E-state index >= 15 is 0 Å². The maximum absolute atomic E-state index is 11.8. The Kier molecular flexibility index (Phi) is 5.84. The summed E-state index contributed by atoms with van der Waals surface area (Å²) >= 11 is 0. The summed E-state index contributed by atoms with van der Waals surface area (Å²) < 4.78 is 10.5. The predicted octanol–water partition coefficient (Wildman–Crippen LogP) is 2.32. The largest absolute Gasteiger partial charge is 0.504 e. The van der Waals surface area contributed by atoms with Crippen LogP contribution in [0.15, 0.2) is 18.2 Å². The second-order valence-electron chi connectivity index (χ2n) is 5.56. The molecule has 118 valence electrons. The smallest absolute Gasteiger partial charge is 0.408 e. The molecule has 0 aromatic heterocycles. The molecule has 0 heterocycles. The summed E-state index contributed by atoms with van der Waals surface area (Å²) in [6, 6.07) is 4.52. The Morgan fingerprint density at radius 3 is 2.62 bits per heavy atom. The van der Waals surface area contributed by atoms with Crippen molar-refractivity contribution in [3.05, 3.63) is 23.8 Å². The molecule has 0 fully saturated rings. The lowest BCUT2D eigenvalue weighted by atomic mass is 10.1. The molecule has 0 saturated carbocycles. The van der Waals surface area contributed by atoms with Crippen molar-refractivity contribution in [1.29, 1.82) is 0 Å². The first-order valence-electron chi connectivity index (χ1n) is 6.92. The number of hydrogen-bond donors (Lipinski definition) is 3. The third kappa shape index (κ3) is 5.15. The van der Waals surface area contributed by atoms with Crippen molar-refractivity contribution in [1.82, 2.24) is 5.32 Å². The maximum atomic E-state index is 11.8. The van der Waals surface area contributed by atoms with Crippen LogP contribution in [0.1, 0.15) is 39.3 Å². The van der Waals surface area contributed by atoms with Gasteiger partial charge in [-0.3, -0.25) is 0 Å². The second-order valence-corrected chi connectivity index (χ2v) is 5.56. The number of benzene rings is 1. The Morgan fingerprint density at radius 2 is 2.10 bits per heavy atom. The van der Waals surface area contributed by atoms with E-state index in [9.17, 15) is 9.90 Å². The molecule has 4 N–H and O–H groups in total. The number of para-hydroxylation sites is 1. The van der Waals surface area contributed by atoms with Crippen molar-refractivity contribution in [3.8, 4) is 11.5 Å². The minimum Gasteiger partial charge on any atom is -0.504 e. The van der Waals surface area contributed by atoms with Crippen LogP contribution in [0.4, 0.5) is 4.79 Å². The molecule has 1 rings (SSSR count). The van der Waals surface area contributed by atoms with Gasteiger partial charge in [0.15, 0.2) is 11.5 Å². The number of carbonyl (C=O) groups excluding carboxylic acids is 1. The number of rotatable bonds is 5. The van der Waals surface area contributed by atoms with Crippen LogP contribution in [0.5, 0.6) is 11.5 Å². The molecule has 6 nitrogen and oxygen atoms in total. The molecule has 0 saturated heterocycles. The van der Waals surface area contributed by atoms with Crippen LogP contribution in [0.3, 0.4) is 0 Å². The van der Waals surface area contributed by atoms with Crippen LogP contribution in [0.2, 0.25) is 0 Å². The highest BCUT2D eigenvalue weighted by Crippen LogP contribution is 2.33. The Hall–Kier alpha value is -1.95. The van der Waals surface area contributed by atoms with Gasteiger partial charge in [-0.1, -0.05) is 12.1 Å². The summed E-state index contributed by atoms with van der Waals surface area (Å²) in [5, 5.41) is 12.8. The summed E-state index contributed by atoms with van der Waals surface area (Å²) in [6.45, 7) is 7.71. The van der Waals surface area contributed by atoms with Crippen LogP contribution >= 0.6 is 0 Å². The van der Waals surface area contributed by atoms with Gasteiger partial charge in [-0.15, -0.1) is 0 Å². The van der Waals surface area contributed by atoms with E-state index in [4.69, 9.17) is 15.2 Å². The standard InChI is InChI=1S/C15H24N2O4/c1-5-20-12-8-6-7-10(13(12)18)11(9-16)17-14(19)21-15(2,3)4/h6-8,11,18H,5,9,16H2,1-4H3,(H,17,19). The molecule has 1 aromatic rings. The Bertz CT molecular complexity index is 483. The molecular weight excluding hydrogens is 272 g/mol.